The first kappa shape index (κ1) is 22.1. The molecule has 0 spiro atoms. The average Bonchev–Trinajstić information content (AvgIpc) is 3.13. The van der Waals surface area contributed by atoms with E-state index in [9.17, 15) is 23.1 Å². The maximum Gasteiger partial charge on any atom is 0.450 e. The fourth-order valence-electron chi connectivity index (χ4n) is 3.26. The second-order valence-electron chi connectivity index (χ2n) is 6.91. The summed E-state index contributed by atoms with van der Waals surface area (Å²) >= 11 is 11.8. The quantitative estimate of drug-likeness (QED) is 0.371. The van der Waals surface area contributed by atoms with E-state index in [4.69, 9.17) is 23.2 Å². The highest BCUT2D eigenvalue weighted by Gasteiger charge is 2.38. The van der Waals surface area contributed by atoms with Gasteiger partial charge in [-0.25, -0.2) is 4.98 Å². The normalized spacial score (nSPS) is 11.7. The number of nitrogens with zero attached hydrogens (tertiary/aromatic N) is 2. The van der Waals surface area contributed by atoms with Gasteiger partial charge in [0.25, 0.3) is 5.91 Å². The maximum atomic E-state index is 13.6. The predicted molar refractivity (Wildman–Crippen MR) is 116 cm³/mol. The van der Waals surface area contributed by atoms with Crippen LogP contribution < -0.4 is 5.32 Å². The van der Waals surface area contributed by atoms with Crippen LogP contribution in [0.2, 0.25) is 10.0 Å². The average molecular weight is 480 g/mol. The third-order valence-corrected chi connectivity index (χ3v) is 5.10. The van der Waals surface area contributed by atoms with Gasteiger partial charge in [0.05, 0.1) is 17.6 Å². The number of aliphatic hydroxyl groups excluding tert-OH is 1. The van der Waals surface area contributed by atoms with E-state index in [1.807, 2.05) is 0 Å². The number of nitrogens with one attached hydrogen (secondary N) is 1. The van der Waals surface area contributed by atoms with E-state index in [0.29, 0.717) is 21.3 Å². The summed E-state index contributed by atoms with van der Waals surface area (Å²) in [4.78, 5) is 16.2. The topological polar surface area (TPSA) is 67.2 Å². The fraction of sp³-hybridized carbons (Fsp3) is 0.0909. The van der Waals surface area contributed by atoms with Crippen LogP contribution in [-0.2, 0) is 12.8 Å². The van der Waals surface area contributed by atoms with Crippen LogP contribution in [0.25, 0.3) is 16.7 Å². The summed E-state index contributed by atoms with van der Waals surface area (Å²) in [5.41, 5.74) is 1.62. The summed E-state index contributed by atoms with van der Waals surface area (Å²) in [5, 5.41) is 12.5. The highest BCUT2D eigenvalue weighted by molar-refractivity contribution is 6.35. The Hall–Kier alpha value is -3.07. The highest BCUT2D eigenvalue weighted by atomic mass is 35.5. The minimum atomic E-state index is -4.70. The Balaban J connectivity index is 1.69. The molecular formula is C22H14Cl2F3N3O2. The van der Waals surface area contributed by atoms with Crippen molar-refractivity contribution in [3.63, 3.8) is 0 Å². The number of fused-ring (bicyclic) bond motifs is 1. The first-order valence-electron chi connectivity index (χ1n) is 9.23. The molecule has 32 heavy (non-hydrogen) atoms. The molecule has 4 rings (SSSR count). The van der Waals surface area contributed by atoms with Gasteiger partial charge in [0, 0.05) is 27.0 Å². The number of benzene rings is 3. The largest absolute Gasteiger partial charge is 0.450 e. The molecule has 10 heteroatoms. The van der Waals surface area contributed by atoms with E-state index in [1.165, 1.54) is 60.7 Å². The molecular weight excluding hydrogens is 466 g/mol. The zero-order chi connectivity index (χ0) is 23.0. The molecule has 5 nitrogen and oxygen atoms in total. The Kier molecular flexibility index (Phi) is 5.85. The van der Waals surface area contributed by atoms with Crippen LogP contribution in [0.1, 0.15) is 21.7 Å². The van der Waals surface area contributed by atoms with Gasteiger partial charge in [0.1, 0.15) is 0 Å². The summed E-state index contributed by atoms with van der Waals surface area (Å²) < 4.78 is 41.9. The number of imidazole rings is 1. The van der Waals surface area contributed by atoms with Gasteiger partial charge in [0.2, 0.25) is 5.82 Å². The van der Waals surface area contributed by atoms with E-state index in [0.717, 1.165) is 4.57 Å². The van der Waals surface area contributed by atoms with Gasteiger partial charge >= 0.3 is 6.18 Å². The summed E-state index contributed by atoms with van der Waals surface area (Å²) in [6.45, 7) is -0.309. The lowest BCUT2D eigenvalue weighted by Crippen LogP contribution is -2.14. The standard InChI is InChI=1S/C22H14Cl2F3N3O2/c23-14-8-13(9-15(24)10-14)20(32)28-16-2-4-17(5-3-16)30-19-6-1-12(11-31)7-18(19)29-21(30)22(25,26)27/h1-10,31H,11H2,(H,28,32). The molecule has 1 heterocycles. The molecule has 0 aliphatic heterocycles. The molecule has 4 aromatic rings. The van der Waals surface area contributed by atoms with Crippen molar-refractivity contribution in [2.75, 3.05) is 5.32 Å². The van der Waals surface area contributed by atoms with Crippen molar-refractivity contribution in [3.8, 4) is 5.69 Å². The second-order valence-corrected chi connectivity index (χ2v) is 7.78. The lowest BCUT2D eigenvalue weighted by molar-refractivity contribution is -0.145. The molecule has 0 unspecified atom stereocenters. The van der Waals surface area contributed by atoms with Gasteiger partial charge in [0.15, 0.2) is 0 Å². The number of hydrogen-bond acceptors (Lipinski definition) is 3. The predicted octanol–water partition coefficient (Wildman–Crippen LogP) is 6.10. The fourth-order valence-corrected chi connectivity index (χ4v) is 3.78. The Bertz CT molecular complexity index is 1300. The zero-order valence-corrected chi connectivity index (χ0v) is 17.6. The third kappa shape index (κ3) is 4.43. The number of amides is 1. The number of carbonyl (C=O) groups excluding carboxylic acids is 1. The van der Waals surface area contributed by atoms with Crippen LogP contribution in [0.4, 0.5) is 18.9 Å². The smallest absolute Gasteiger partial charge is 0.392 e. The lowest BCUT2D eigenvalue weighted by Gasteiger charge is -2.13. The number of halogens is 5. The minimum absolute atomic E-state index is 0.110. The first-order valence-corrected chi connectivity index (χ1v) is 9.98. The molecule has 0 saturated heterocycles. The van der Waals surface area contributed by atoms with Crippen molar-refractivity contribution < 1.29 is 23.1 Å². The molecule has 0 aliphatic rings. The third-order valence-electron chi connectivity index (χ3n) is 4.66. The SMILES string of the molecule is O=C(Nc1ccc(-n2c(C(F)(F)F)nc3cc(CO)ccc32)cc1)c1cc(Cl)cc(Cl)c1. The van der Waals surface area contributed by atoms with Crippen molar-refractivity contribution in [3.05, 3.63) is 87.7 Å². The van der Waals surface area contributed by atoms with Crippen molar-refractivity contribution in [2.45, 2.75) is 12.8 Å². The Morgan fingerprint density at radius 1 is 1.00 bits per heavy atom. The molecule has 1 aromatic heterocycles. The molecule has 2 N–H and O–H groups in total. The van der Waals surface area contributed by atoms with Gasteiger partial charge in [-0.15, -0.1) is 0 Å². The van der Waals surface area contributed by atoms with E-state index in [-0.39, 0.29) is 28.9 Å². The molecule has 0 aliphatic carbocycles. The van der Waals surface area contributed by atoms with Crippen molar-refractivity contribution in [1.82, 2.24) is 9.55 Å². The molecule has 164 valence electrons. The molecule has 3 aromatic carbocycles. The number of rotatable bonds is 4. The Morgan fingerprint density at radius 2 is 1.66 bits per heavy atom. The monoisotopic (exact) mass is 479 g/mol. The Labute approximate surface area is 190 Å². The molecule has 0 radical (unpaired) electrons. The van der Waals surface area contributed by atoms with Crippen LogP contribution >= 0.6 is 23.2 Å². The molecule has 0 fully saturated rings. The number of hydrogen-bond donors (Lipinski definition) is 2. The molecule has 0 saturated carbocycles. The van der Waals surface area contributed by atoms with Crippen LogP contribution in [-0.4, -0.2) is 20.6 Å². The van der Waals surface area contributed by atoms with E-state index < -0.39 is 17.9 Å². The molecule has 1 amide bonds. The van der Waals surface area contributed by atoms with Crippen LogP contribution in [0.15, 0.2) is 60.7 Å². The molecule has 0 bridgehead atoms. The number of carbonyl (C=O) groups is 1. The van der Waals surface area contributed by atoms with Gasteiger partial charge < -0.3 is 10.4 Å². The lowest BCUT2D eigenvalue weighted by atomic mass is 10.2. The minimum Gasteiger partial charge on any atom is -0.392 e. The van der Waals surface area contributed by atoms with Crippen molar-refractivity contribution in [1.29, 1.82) is 0 Å². The molecule has 0 atom stereocenters. The van der Waals surface area contributed by atoms with E-state index in [1.54, 1.807) is 0 Å². The van der Waals surface area contributed by atoms with Crippen LogP contribution in [0.5, 0.6) is 0 Å². The number of aliphatic hydroxyl groups is 1. The van der Waals surface area contributed by atoms with Crippen LogP contribution in [0, 0.1) is 0 Å². The summed E-state index contributed by atoms with van der Waals surface area (Å²) in [6, 6.07) is 14.6. The first-order chi connectivity index (χ1) is 15.2. The highest BCUT2D eigenvalue weighted by Crippen LogP contribution is 2.34. The van der Waals surface area contributed by atoms with Crippen molar-refractivity contribution >= 4 is 45.8 Å². The number of alkyl halides is 3. The van der Waals surface area contributed by atoms with Gasteiger partial charge in [-0.3, -0.25) is 9.36 Å². The van der Waals surface area contributed by atoms with Crippen LogP contribution in [0.3, 0.4) is 0 Å². The summed E-state index contributed by atoms with van der Waals surface area (Å²) in [6.07, 6.45) is -4.70. The maximum absolute atomic E-state index is 13.6. The van der Waals surface area contributed by atoms with E-state index >= 15 is 0 Å². The van der Waals surface area contributed by atoms with Gasteiger partial charge in [-0.2, -0.15) is 13.2 Å². The summed E-state index contributed by atoms with van der Waals surface area (Å²) in [7, 11) is 0. The van der Waals surface area contributed by atoms with Crippen molar-refractivity contribution in [2.24, 2.45) is 0 Å². The second kappa shape index (κ2) is 8.46. The van der Waals surface area contributed by atoms with E-state index in [2.05, 4.69) is 10.3 Å². The Morgan fingerprint density at radius 3 is 2.25 bits per heavy atom. The van der Waals surface area contributed by atoms with Gasteiger partial charge in [-0.05, 0) is 60.2 Å². The summed E-state index contributed by atoms with van der Waals surface area (Å²) in [5.74, 6) is -1.56. The number of aromatic nitrogens is 2. The number of anilines is 1. The van der Waals surface area contributed by atoms with Gasteiger partial charge in [-0.1, -0.05) is 29.3 Å². The zero-order valence-electron chi connectivity index (χ0n) is 16.1.